The van der Waals surface area contributed by atoms with Crippen molar-refractivity contribution in [3.63, 3.8) is 0 Å². The van der Waals surface area contributed by atoms with Crippen molar-refractivity contribution >= 4 is 17.3 Å². The first kappa shape index (κ1) is 6.57. The summed E-state index contributed by atoms with van der Waals surface area (Å²) < 4.78 is 0. The van der Waals surface area contributed by atoms with Crippen LogP contribution in [0.2, 0.25) is 0 Å². The normalized spacial score (nSPS) is 8.14. The van der Waals surface area contributed by atoms with Gasteiger partial charge in [-0.3, -0.25) is 11.3 Å². The van der Waals surface area contributed by atoms with Crippen LogP contribution in [0.4, 0.5) is 0 Å². The first-order valence-electron chi connectivity index (χ1n) is 1.53. The van der Waals surface area contributed by atoms with Crippen LogP contribution in [-0.4, -0.2) is 5.11 Å². The lowest BCUT2D eigenvalue weighted by Gasteiger charge is -2.00. The van der Waals surface area contributed by atoms with Crippen LogP contribution in [0.5, 0.6) is 0 Å². The van der Waals surface area contributed by atoms with E-state index in [0.29, 0.717) is 0 Å². The zero-order valence-corrected chi connectivity index (χ0v) is 4.38. The van der Waals surface area contributed by atoms with Gasteiger partial charge in [0.15, 0.2) is 5.11 Å². The van der Waals surface area contributed by atoms with Crippen molar-refractivity contribution < 1.29 is 0 Å². The summed E-state index contributed by atoms with van der Waals surface area (Å²) in [5, 5.41) is 0.137. The predicted molar refractivity (Wildman–Crippen MR) is 30.4 cm³/mol. The van der Waals surface area contributed by atoms with Crippen molar-refractivity contribution in [1.82, 2.24) is 16.5 Å². The average molecular weight is 121 g/mol. The summed E-state index contributed by atoms with van der Waals surface area (Å²) in [5.74, 6) is 4.74. The van der Waals surface area contributed by atoms with E-state index in [1.165, 1.54) is 0 Å². The fourth-order valence-corrected chi connectivity index (χ4v) is 0.149. The molecule has 7 N–H and O–H groups in total. The number of thiocarbonyl (C=S) groups is 1. The van der Waals surface area contributed by atoms with Crippen LogP contribution in [0.25, 0.3) is 0 Å². The summed E-state index contributed by atoms with van der Waals surface area (Å²) in [4.78, 5) is 0. The van der Waals surface area contributed by atoms with Gasteiger partial charge in [-0.2, -0.15) is 11.1 Å². The summed E-state index contributed by atoms with van der Waals surface area (Å²) in [6.07, 6.45) is 0. The summed E-state index contributed by atoms with van der Waals surface area (Å²) >= 11 is 4.37. The summed E-state index contributed by atoms with van der Waals surface area (Å²) in [5.41, 5.74) is 11.6. The summed E-state index contributed by atoms with van der Waals surface area (Å²) in [6, 6.07) is 0. The Labute approximate surface area is 46.3 Å². The molecule has 0 unspecified atom stereocenters. The van der Waals surface area contributed by atoms with Crippen molar-refractivity contribution in [3.8, 4) is 0 Å². The third kappa shape index (κ3) is 5.57. The molecule has 0 saturated heterocycles. The fourth-order valence-electron chi connectivity index (χ4n) is 0.0977. The Balaban J connectivity index is 2.82. The Morgan fingerprint density at radius 1 is 1.57 bits per heavy atom. The molecule has 0 fully saturated rings. The van der Waals surface area contributed by atoms with E-state index in [1.807, 2.05) is 0 Å². The lowest BCUT2D eigenvalue weighted by atomic mass is 11.2. The highest BCUT2D eigenvalue weighted by molar-refractivity contribution is 7.80. The van der Waals surface area contributed by atoms with Gasteiger partial charge in [0.2, 0.25) is 0 Å². The lowest BCUT2D eigenvalue weighted by molar-refractivity contribution is 0.524. The molecule has 7 heavy (non-hydrogen) atoms. The second kappa shape index (κ2) is 3.75. The molecule has 0 aromatic rings. The molecular formula is CH7N5S. The Morgan fingerprint density at radius 3 is 2.29 bits per heavy atom. The SMILES string of the molecule is NNNNC(N)=S. The molecular weight excluding hydrogens is 114 g/mol. The van der Waals surface area contributed by atoms with Crippen molar-refractivity contribution in [2.45, 2.75) is 0 Å². The molecule has 5 nitrogen and oxygen atoms in total. The molecule has 0 radical (unpaired) electrons. The zero-order chi connectivity index (χ0) is 5.70. The van der Waals surface area contributed by atoms with Crippen LogP contribution in [0.15, 0.2) is 0 Å². The van der Waals surface area contributed by atoms with Gasteiger partial charge in [0, 0.05) is 0 Å². The monoisotopic (exact) mass is 121 g/mol. The topological polar surface area (TPSA) is 88.1 Å². The highest BCUT2D eigenvalue weighted by atomic mass is 32.1. The Bertz CT molecular complexity index is 61.1. The second-order valence-corrected chi connectivity index (χ2v) is 1.20. The largest absolute Gasteiger partial charge is 0.375 e. The van der Waals surface area contributed by atoms with Gasteiger partial charge in [0.25, 0.3) is 0 Å². The number of rotatable bonds is 2. The van der Waals surface area contributed by atoms with E-state index in [-0.39, 0.29) is 5.11 Å². The number of nitrogens with two attached hydrogens (primary N) is 2. The van der Waals surface area contributed by atoms with Gasteiger partial charge in [0.05, 0.1) is 0 Å². The van der Waals surface area contributed by atoms with E-state index in [2.05, 4.69) is 28.7 Å². The minimum atomic E-state index is 0.137. The molecule has 0 bridgehead atoms. The van der Waals surface area contributed by atoms with Crippen LogP contribution in [0, 0.1) is 0 Å². The number of hydrogen-bond donors (Lipinski definition) is 5. The molecule has 0 atom stereocenters. The van der Waals surface area contributed by atoms with Crippen LogP contribution < -0.4 is 28.1 Å². The number of nitrogens with one attached hydrogen (secondary N) is 3. The first-order chi connectivity index (χ1) is 3.27. The maximum atomic E-state index is 4.94. The van der Waals surface area contributed by atoms with Gasteiger partial charge in [0.1, 0.15) is 0 Å². The number of hydrazine groups is 3. The number of hydrogen-bond acceptors (Lipinski definition) is 4. The Morgan fingerprint density at radius 2 is 2.14 bits per heavy atom. The van der Waals surface area contributed by atoms with E-state index < -0.39 is 0 Å². The van der Waals surface area contributed by atoms with Gasteiger partial charge >= 0.3 is 0 Å². The Hall–Kier alpha value is -0.430. The van der Waals surface area contributed by atoms with E-state index >= 15 is 0 Å². The van der Waals surface area contributed by atoms with Crippen LogP contribution in [0.1, 0.15) is 0 Å². The van der Waals surface area contributed by atoms with Gasteiger partial charge in [-0.05, 0) is 12.2 Å². The molecule has 0 aliphatic rings. The van der Waals surface area contributed by atoms with Crippen molar-refractivity contribution in [2.75, 3.05) is 0 Å². The first-order valence-corrected chi connectivity index (χ1v) is 1.94. The molecule has 0 aliphatic carbocycles. The highest BCUT2D eigenvalue weighted by Gasteiger charge is 1.76. The average Bonchev–Trinajstić information content (AvgIpc) is 1.61. The Kier molecular flexibility index (Phi) is 3.52. The molecule has 0 spiro atoms. The van der Waals surface area contributed by atoms with Crippen LogP contribution in [0.3, 0.4) is 0 Å². The van der Waals surface area contributed by atoms with Crippen molar-refractivity contribution in [1.29, 1.82) is 0 Å². The molecule has 0 rings (SSSR count). The molecule has 0 aromatic carbocycles. The van der Waals surface area contributed by atoms with Gasteiger partial charge in [-0.15, -0.1) is 0 Å². The van der Waals surface area contributed by atoms with Crippen LogP contribution >= 0.6 is 12.2 Å². The summed E-state index contributed by atoms with van der Waals surface area (Å²) in [7, 11) is 0. The smallest absolute Gasteiger partial charge is 0.179 e. The van der Waals surface area contributed by atoms with Crippen LogP contribution in [-0.2, 0) is 0 Å². The third-order valence-electron chi connectivity index (χ3n) is 0.258. The van der Waals surface area contributed by atoms with E-state index in [1.54, 1.807) is 0 Å². The molecule has 0 aromatic heterocycles. The minimum absolute atomic E-state index is 0.137. The zero-order valence-electron chi connectivity index (χ0n) is 3.56. The quantitative estimate of drug-likeness (QED) is 0.160. The molecule has 0 heterocycles. The third-order valence-corrected chi connectivity index (χ3v) is 0.360. The maximum absolute atomic E-state index is 4.94. The van der Waals surface area contributed by atoms with E-state index in [9.17, 15) is 0 Å². The van der Waals surface area contributed by atoms with E-state index in [0.717, 1.165) is 0 Å². The molecule has 6 heteroatoms. The van der Waals surface area contributed by atoms with Gasteiger partial charge < -0.3 is 5.73 Å². The summed E-state index contributed by atoms with van der Waals surface area (Å²) in [6.45, 7) is 0. The molecule has 0 aliphatic heterocycles. The second-order valence-electron chi connectivity index (χ2n) is 0.759. The minimum Gasteiger partial charge on any atom is -0.375 e. The molecule has 0 saturated carbocycles. The van der Waals surface area contributed by atoms with E-state index in [4.69, 9.17) is 11.6 Å². The highest BCUT2D eigenvalue weighted by Crippen LogP contribution is 1.43. The predicted octanol–water partition coefficient (Wildman–Crippen LogP) is -2.30. The fraction of sp³-hybridized carbons (Fsp3) is 0. The molecule has 42 valence electrons. The van der Waals surface area contributed by atoms with Gasteiger partial charge in [-0.1, -0.05) is 0 Å². The maximum Gasteiger partial charge on any atom is 0.179 e. The van der Waals surface area contributed by atoms with Gasteiger partial charge in [-0.25, -0.2) is 0 Å². The lowest BCUT2D eigenvalue weighted by Crippen LogP contribution is -2.51. The molecule has 0 amide bonds. The standard InChI is InChI=1S/CH7N5S/c2-1(7)4-6-5-3/h5-6H,3H2,(H3,2,4,7). The van der Waals surface area contributed by atoms with Crippen molar-refractivity contribution in [3.05, 3.63) is 0 Å². The van der Waals surface area contributed by atoms with Crippen molar-refractivity contribution in [2.24, 2.45) is 11.6 Å².